The summed E-state index contributed by atoms with van der Waals surface area (Å²) < 4.78 is 90.8. The molecule has 6 rings (SSSR count). The molecule has 0 bridgehead atoms. The fourth-order valence-electron chi connectivity index (χ4n) is 9.32. The van der Waals surface area contributed by atoms with Gasteiger partial charge >= 0.3 is 11.9 Å². The lowest BCUT2D eigenvalue weighted by Crippen LogP contribution is -2.24. The minimum Gasteiger partial charge on any atom is -0.491 e. The van der Waals surface area contributed by atoms with Crippen molar-refractivity contribution in [1.82, 2.24) is 0 Å². The second-order valence-corrected chi connectivity index (χ2v) is 21.9. The summed E-state index contributed by atoms with van der Waals surface area (Å²) in [6, 6.07) is 47.1. The van der Waals surface area contributed by atoms with Crippen molar-refractivity contribution < 1.29 is 85.4 Å². The van der Waals surface area contributed by atoms with E-state index in [1.54, 1.807) is 97.1 Å². The van der Waals surface area contributed by atoms with E-state index >= 15 is 0 Å². The standard InChI is InChI=1S/C76H96N2O18/c1-2-3-4-5-6-7-8-9-10-74(94-71-33-25-69(26-34-71)76(80)96-73-31-21-67(22-32-73)65-17-13-63(60-78)14-18-65)61-92-56-55-90-52-51-88-48-47-86-44-43-84-40-39-82-36-35-81-37-38-83-41-42-85-45-46-87-49-50-89-53-54-91-57-58-93-70-27-23-68(24-28-70)75(79)95-72-29-19-66(20-30-72)64-15-11-62(59-77)12-16-64/h11-34,74H,2-10,35-58,61H2,1H3. The van der Waals surface area contributed by atoms with Crippen LogP contribution < -0.4 is 18.9 Å². The number of rotatable bonds is 56. The summed E-state index contributed by atoms with van der Waals surface area (Å²) in [5, 5.41) is 18.1. The van der Waals surface area contributed by atoms with Crippen molar-refractivity contribution in [2.75, 3.05) is 165 Å². The summed E-state index contributed by atoms with van der Waals surface area (Å²) in [6.07, 6.45) is 10.5. The van der Waals surface area contributed by atoms with E-state index in [0.717, 1.165) is 41.5 Å². The van der Waals surface area contributed by atoms with Gasteiger partial charge in [0.1, 0.15) is 35.7 Å². The van der Waals surface area contributed by atoms with Crippen LogP contribution in [-0.2, 0) is 56.8 Å². The van der Waals surface area contributed by atoms with Crippen molar-refractivity contribution in [3.05, 3.63) is 168 Å². The van der Waals surface area contributed by atoms with Gasteiger partial charge in [0.25, 0.3) is 0 Å². The minimum atomic E-state index is -0.472. The molecule has 96 heavy (non-hydrogen) atoms. The molecule has 0 heterocycles. The molecule has 20 nitrogen and oxygen atoms in total. The first kappa shape index (κ1) is 77.4. The van der Waals surface area contributed by atoms with Crippen LogP contribution in [0, 0.1) is 22.7 Å². The second kappa shape index (κ2) is 50.7. The van der Waals surface area contributed by atoms with E-state index in [1.165, 1.54) is 38.5 Å². The molecule has 0 amide bonds. The summed E-state index contributed by atoms with van der Waals surface area (Å²) in [4.78, 5) is 25.7. The van der Waals surface area contributed by atoms with Gasteiger partial charge < -0.3 is 75.8 Å². The molecule has 6 aromatic rings. The molecule has 0 fully saturated rings. The number of nitrogens with zero attached hydrogens (tertiary/aromatic N) is 2. The van der Waals surface area contributed by atoms with Gasteiger partial charge in [0, 0.05) is 0 Å². The summed E-state index contributed by atoms with van der Waals surface area (Å²) in [5.74, 6) is 1.21. The lowest BCUT2D eigenvalue weighted by molar-refractivity contribution is -0.0296. The van der Waals surface area contributed by atoms with Gasteiger partial charge in [0.2, 0.25) is 0 Å². The molecule has 0 spiro atoms. The maximum Gasteiger partial charge on any atom is 0.343 e. The number of hydrogen-bond donors (Lipinski definition) is 0. The molecule has 0 aliphatic rings. The van der Waals surface area contributed by atoms with Gasteiger partial charge in [0.05, 0.1) is 193 Å². The Labute approximate surface area is 566 Å². The predicted molar refractivity (Wildman–Crippen MR) is 363 cm³/mol. The van der Waals surface area contributed by atoms with E-state index in [-0.39, 0.29) is 6.10 Å². The number of carbonyl (C=O) groups excluding carboxylic acids is 2. The van der Waals surface area contributed by atoms with Crippen LogP contribution in [0.5, 0.6) is 23.0 Å². The van der Waals surface area contributed by atoms with Crippen LogP contribution in [0.15, 0.2) is 146 Å². The first-order chi connectivity index (χ1) is 47.4. The third-order valence-electron chi connectivity index (χ3n) is 14.6. The lowest BCUT2D eigenvalue weighted by Gasteiger charge is -2.20. The SMILES string of the molecule is CCCCCCCCCCC(COCCOCCOCCOCCOCCOCCOCCOCCOCCOCCOCCOCCOc1ccc(C(=O)Oc2ccc(-c3ccc(C#N)cc3)cc2)cc1)Oc1ccc(C(=O)Oc2ccc(-c3ccc(C#N)cc3)cc2)cc1. The van der Waals surface area contributed by atoms with E-state index in [4.69, 9.17) is 86.3 Å². The molecule has 0 saturated heterocycles. The molecule has 1 atom stereocenters. The van der Waals surface area contributed by atoms with Crippen molar-refractivity contribution in [2.45, 2.75) is 70.8 Å². The normalized spacial score (nSPS) is 11.4. The predicted octanol–water partition coefficient (Wildman–Crippen LogP) is 12.8. The number of hydrogen-bond acceptors (Lipinski definition) is 20. The Kier molecular flexibility index (Phi) is 40.9. The maximum atomic E-state index is 13.0. The highest BCUT2D eigenvalue weighted by molar-refractivity contribution is 5.92. The smallest absolute Gasteiger partial charge is 0.343 e. The number of nitriles is 2. The van der Waals surface area contributed by atoms with Gasteiger partial charge in [-0.05, 0) is 132 Å². The van der Waals surface area contributed by atoms with Gasteiger partial charge in [-0.3, -0.25) is 0 Å². The fraction of sp³-hybridized carbons (Fsp3) is 0.474. The second-order valence-electron chi connectivity index (χ2n) is 21.9. The Morgan fingerprint density at radius 1 is 0.312 bits per heavy atom. The zero-order chi connectivity index (χ0) is 67.4. The summed E-state index contributed by atoms with van der Waals surface area (Å²) >= 11 is 0. The molecule has 0 saturated carbocycles. The quantitative estimate of drug-likeness (QED) is 0.0196. The van der Waals surface area contributed by atoms with Gasteiger partial charge in [-0.1, -0.05) is 100 Å². The van der Waals surface area contributed by atoms with Crippen molar-refractivity contribution in [3.8, 4) is 57.4 Å². The van der Waals surface area contributed by atoms with Crippen molar-refractivity contribution >= 4 is 11.9 Å². The summed E-state index contributed by atoms with van der Waals surface area (Å²) in [6.45, 7) is 13.4. The molecule has 0 aliphatic heterocycles. The molecule has 6 aromatic carbocycles. The topological polar surface area (TPSA) is 229 Å². The zero-order valence-electron chi connectivity index (χ0n) is 55.7. The molecule has 0 aromatic heterocycles. The number of ether oxygens (including phenoxy) is 16. The first-order valence-electron chi connectivity index (χ1n) is 33.5. The third-order valence-corrected chi connectivity index (χ3v) is 14.6. The Balaban J connectivity index is 0.637. The largest absolute Gasteiger partial charge is 0.491 e. The van der Waals surface area contributed by atoms with Gasteiger partial charge in [0.15, 0.2) is 0 Å². The molecule has 0 radical (unpaired) electrons. The molecule has 0 aliphatic carbocycles. The Bertz CT molecular complexity index is 3050. The zero-order valence-corrected chi connectivity index (χ0v) is 55.7. The molecular formula is C76H96N2O18. The van der Waals surface area contributed by atoms with E-state index in [2.05, 4.69) is 19.1 Å². The fourth-order valence-corrected chi connectivity index (χ4v) is 9.32. The summed E-state index contributed by atoms with van der Waals surface area (Å²) in [7, 11) is 0. The molecular weight excluding hydrogens is 1230 g/mol. The van der Waals surface area contributed by atoms with Crippen LogP contribution in [0.1, 0.15) is 96.6 Å². The Hall–Kier alpha value is -7.64. The van der Waals surface area contributed by atoms with Gasteiger partial charge in [-0.25, -0.2) is 9.59 Å². The molecule has 20 heteroatoms. The van der Waals surface area contributed by atoms with Crippen LogP contribution in [0.4, 0.5) is 0 Å². The van der Waals surface area contributed by atoms with Crippen LogP contribution >= 0.6 is 0 Å². The number of unbranched alkanes of at least 4 members (excludes halogenated alkanes) is 7. The summed E-state index contributed by atoms with van der Waals surface area (Å²) in [5.41, 5.74) is 5.85. The van der Waals surface area contributed by atoms with Crippen molar-refractivity contribution in [3.63, 3.8) is 0 Å². The maximum absolute atomic E-state index is 13.0. The third kappa shape index (κ3) is 34.3. The van der Waals surface area contributed by atoms with Gasteiger partial charge in [-0.2, -0.15) is 10.5 Å². The lowest BCUT2D eigenvalue weighted by atomic mass is 10.0. The van der Waals surface area contributed by atoms with Crippen LogP contribution in [0.25, 0.3) is 22.3 Å². The monoisotopic (exact) mass is 1320 g/mol. The molecule has 0 N–H and O–H groups in total. The van der Waals surface area contributed by atoms with E-state index in [1.807, 2.05) is 48.5 Å². The van der Waals surface area contributed by atoms with E-state index in [9.17, 15) is 9.59 Å². The average molecular weight is 1330 g/mol. The van der Waals surface area contributed by atoms with Crippen molar-refractivity contribution in [1.29, 1.82) is 10.5 Å². The van der Waals surface area contributed by atoms with Crippen molar-refractivity contribution in [2.24, 2.45) is 0 Å². The Morgan fingerprint density at radius 3 is 0.906 bits per heavy atom. The van der Waals surface area contributed by atoms with Crippen LogP contribution in [0.2, 0.25) is 0 Å². The highest BCUT2D eigenvalue weighted by Gasteiger charge is 2.15. The van der Waals surface area contributed by atoms with Gasteiger partial charge in [-0.15, -0.1) is 0 Å². The Morgan fingerprint density at radius 2 is 0.583 bits per heavy atom. The minimum absolute atomic E-state index is 0.146. The van der Waals surface area contributed by atoms with Crippen LogP contribution in [-0.4, -0.2) is 183 Å². The number of benzene rings is 6. The van der Waals surface area contributed by atoms with E-state index < -0.39 is 11.9 Å². The highest BCUT2D eigenvalue weighted by Crippen LogP contribution is 2.26. The van der Waals surface area contributed by atoms with Crippen LogP contribution in [0.3, 0.4) is 0 Å². The number of esters is 2. The average Bonchev–Trinajstić information content (AvgIpc) is 1.07. The molecule has 518 valence electrons. The number of carbonyl (C=O) groups is 2. The van der Waals surface area contributed by atoms with E-state index in [0.29, 0.717) is 210 Å². The first-order valence-corrected chi connectivity index (χ1v) is 33.5. The highest BCUT2D eigenvalue weighted by atomic mass is 16.6. The molecule has 1 unspecified atom stereocenters.